The third-order valence-electron chi connectivity index (χ3n) is 5.31. The van der Waals surface area contributed by atoms with E-state index in [0.29, 0.717) is 51.5 Å². The quantitative estimate of drug-likeness (QED) is 0.477. The zero-order valence-corrected chi connectivity index (χ0v) is 16.1. The van der Waals surface area contributed by atoms with Gasteiger partial charge in [0.1, 0.15) is 5.82 Å². The standard InChI is InChI=1S/C19H27F4N5/c1-24-18(25-12-15-6-7-26(13-15)14-19(21,22)23)28-10-8-27(9-11-28)17-5-3-2-4-16(17)20/h2-5,15H,6-14H2,1H3,(H,24,25). The van der Waals surface area contributed by atoms with E-state index < -0.39 is 12.7 Å². The molecule has 1 atom stereocenters. The number of nitrogens with zero attached hydrogens (tertiary/aromatic N) is 4. The van der Waals surface area contributed by atoms with Crippen molar-refractivity contribution in [3.8, 4) is 0 Å². The fraction of sp³-hybridized carbons (Fsp3) is 0.632. The Kier molecular flexibility index (Phi) is 6.64. The molecule has 0 amide bonds. The van der Waals surface area contributed by atoms with Crippen LogP contribution in [0.4, 0.5) is 23.2 Å². The fourth-order valence-electron chi connectivity index (χ4n) is 3.91. The first-order valence-electron chi connectivity index (χ1n) is 9.60. The fourth-order valence-corrected chi connectivity index (χ4v) is 3.91. The molecule has 156 valence electrons. The molecule has 28 heavy (non-hydrogen) atoms. The molecule has 0 aromatic heterocycles. The second-order valence-corrected chi connectivity index (χ2v) is 7.36. The zero-order valence-electron chi connectivity index (χ0n) is 16.1. The number of halogens is 4. The van der Waals surface area contributed by atoms with Gasteiger partial charge in [0.25, 0.3) is 0 Å². The van der Waals surface area contributed by atoms with Crippen LogP contribution in [-0.2, 0) is 0 Å². The van der Waals surface area contributed by atoms with Gasteiger partial charge in [-0.25, -0.2) is 4.39 Å². The number of rotatable bonds is 4. The van der Waals surface area contributed by atoms with Gasteiger partial charge in [-0.1, -0.05) is 12.1 Å². The summed E-state index contributed by atoms with van der Waals surface area (Å²) in [6, 6.07) is 6.76. The minimum atomic E-state index is -4.14. The molecular weight excluding hydrogens is 374 g/mol. The van der Waals surface area contributed by atoms with Gasteiger partial charge in [0.2, 0.25) is 0 Å². The monoisotopic (exact) mass is 401 g/mol. The van der Waals surface area contributed by atoms with Gasteiger partial charge in [-0.2, -0.15) is 13.2 Å². The van der Waals surface area contributed by atoms with E-state index >= 15 is 0 Å². The van der Waals surface area contributed by atoms with Crippen molar-refractivity contribution >= 4 is 11.6 Å². The molecule has 5 nitrogen and oxygen atoms in total. The number of likely N-dealkylation sites (tertiary alicyclic amines) is 1. The number of hydrogen-bond acceptors (Lipinski definition) is 3. The first kappa shape index (κ1) is 20.7. The highest BCUT2D eigenvalue weighted by molar-refractivity contribution is 5.80. The number of hydrogen-bond donors (Lipinski definition) is 1. The van der Waals surface area contributed by atoms with Crippen molar-refractivity contribution in [3.05, 3.63) is 30.1 Å². The normalized spacial score (nSPS) is 22.0. The van der Waals surface area contributed by atoms with Crippen LogP contribution in [0.5, 0.6) is 0 Å². The van der Waals surface area contributed by atoms with Crippen LogP contribution >= 0.6 is 0 Å². The van der Waals surface area contributed by atoms with Crippen LogP contribution in [0.25, 0.3) is 0 Å². The molecule has 1 aromatic carbocycles. The first-order valence-corrected chi connectivity index (χ1v) is 9.60. The molecule has 1 unspecified atom stereocenters. The Morgan fingerprint density at radius 3 is 2.50 bits per heavy atom. The minimum Gasteiger partial charge on any atom is -0.366 e. The van der Waals surface area contributed by atoms with E-state index in [1.54, 1.807) is 19.2 Å². The van der Waals surface area contributed by atoms with Crippen molar-refractivity contribution in [2.45, 2.75) is 12.6 Å². The molecule has 1 N–H and O–H groups in total. The highest BCUT2D eigenvalue weighted by atomic mass is 19.4. The molecule has 2 heterocycles. The third-order valence-corrected chi connectivity index (χ3v) is 5.31. The lowest BCUT2D eigenvalue weighted by Gasteiger charge is -2.38. The summed E-state index contributed by atoms with van der Waals surface area (Å²) in [6.07, 6.45) is -3.39. The first-order chi connectivity index (χ1) is 13.4. The van der Waals surface area contributed by atoms with Crippen LogP contribution in [0.1, 0.15) is 6.42 Å². The highest BCUT2D eigenvalue weighted by Gasteiger charge is 2.34. The van der Waals surface area contributed by atoms with Crippen molar-refractivity contribution < 1.29 is 17.6 Å². The molecule has 0 spiro atoms. The maximum Gasteiger partial charge on any atom is 0.401 e. The van der Waals surface area contributed by atoms with E-state index in [9.17, 15) is 17.6 Å². The SMILES string of the molecule is CN=C(NCC1CCN(CC(F)(F)F)C1)N1CCN(c2ccccc2F)CC1. The van der Waals surface area contributed by atoms with Gasteiger partial charge in [0.15, 0.2) is 5.96 Å². The third kappa shape index (κ3) is 5.50. The second-order valence-electron chi connectivity index (χ2n) is 7.36. The van der Waals surface area contributed by atoms with Gasteiger partial charge in [0.05, 0.1) is 12.2 Å². The summed E-state index contributed by atoms with van der Waals surface area (Å²) < 4.78 is 51.5. The highest BCUT2D eigenvalue weighted by Crippen LogP contribution is 2.23. The summed E-state index contributed by atoms with van der Waals surface area (Å²) in [5.41, 5.74) is 0.612. The van der Waals surface area contributed by atoms with Crippen LogP contribution in [0, 0.1) is 11.7 Å². The van der Waals surface area contributed by atoms with Crippen molar-refractivity contribution in [2.24, 2.45) is 10.9 Å². The average molecular weight is 401 g/mol. The number of piperazine rings is 1. The van der Waals surface area contributed by atoms with Gasteiger partial charge in [0, 0.05) is 46.3 Å². The van der Waals surface area contributed by atoms with Crippen LogP contribution in [-0.4, -0.2) is 81.3 Å². The second kappa shape index (κ2) is 8.98. The van der Waals surface area contributed by atoms with Crippen LogP contribution in [0.15, 0.2) is 29.3 Å². The van der Waals surface area contributed by atoms with Crippen molar-refractivity contribution in [1.29, 1.82) is 0 Å². The van der Waals surface area contributed by atoms with E-state index in [4.69, 9.17) is 0 Å². The predicted molar refractivity (Wildman–Crippen MR) is 102 cm³/mol. The maximum absolute atomic E-state index is 14.0. The summed E-state index contributed by atoms with van der Waals surface area (Å²) >= 11 is 0. The van der Waals surface area contributed by atoms with Gasteiger partial charge < -0.3 is 15.1 Å². The molecular formula is C19H27F4N5. The maximum atomic E-state index is 14.0. The minimum absolute atomic E-state index is 0.179. The van der Waals surface area contributed by atoms with Crippen LogP contribution in [0.3, 0.4) is 0 Å². The smallest absolute Gasteiger partial charge is 0.366 e. The Bertz CT molecular complexity index is 671. The lowest BCUT2D eigenvalue weighted by molar-refractivity contribution is -0.143. The number of anilines is 1. The van der Waals surface area contributed by atoms with Gasteiger partial charge in [-0.05, 0) is 31.0 Å². The lowest BCUT2D eigenvalue weighted by Crippen LogP contribution is -2.53. The molecule has 0 radical (unpaired) electrons. The van der Waals surface area contributed by atoms with E-state index in [0.717, 1.165) is 12.4 Å². The van der Waals surface area contributed by atoms with Gasteiger partial charge in [-0.15, -0.1) is 0 Å². The number of benzene rings is 1. The number of aliphatic imine (C=N–C) groups is 1. The molecule has 2 fully saturated rings. The topological polar surface area (TPSA) is 34.1 Å². The van der Waals surface area contributed by atoms with Crippen LogP contribution < -0.4 is 10.2 Å². The van der Waals surface area contributed by atoms with E-state index in [2.05, 4.69) is 15.2 Å². The number of alkyl halides is 3. The summed E-state index contributed by atoms with van der Waals surface area (Å²) in [4.78, 5) is 9.90. The summed E-state index contributed by atoms with van der Waals surface area (Å²) in [5, 5.41) is 3.31. The Balaban J connectivity index is 1.45. The van der Waals surface area contributed by atoms with Crippen molar-refractivity contribution in [3.63, 3.8) is 0 Å². The molecule has 2 aliphatic rings. The molecule has 2 aliphatic heterocycles. The molecule has 0 bridgehead atoms. The van der Waals surface area contributed by atoms with Crippen LogP contribution in [0.2, 0.25) is 0 Å². The molecule has 1 aromatic rings. The van der Waals surface area contributed by atoms with E-state index in [1.807, 2.05) is 11.0 Å². The summed E-state index contributed by atoms with van der Waals surface area (Å²) in [7, 11) is 1.70. The number of guanidine groups is 1. The zero-order chi connectivity index (χ0) is 20.1. The summed E-state index contributed by atoms with van der Waals surface area (Å²) in [5.74, 6) is 0.712. The number of para-hydroxylation sites is 1. The average Bonchev–Trinajstić information content (AvgIpc) is 3.09. The largest absolute Gasteiger partial charge is 0.401 e. The van der Waals surface area contributed by atoms with Gasteiger partial charge in [-0.3, -0.25) is 9.89 Å². The summed E-state index contributed by atoms with van der Waals surface area (Å²) in [6.45, 7) is 3.48. The number of nitrogens with one attached hydrogen (secondary N) is 1. The Morgan fingerprint density at radius 1 is 1.14 bits per heavy atom. The molecule has 9 heteroatoms. The Labute approximate surface area is 163 Å². The molecule has 3 rings (SSSR count). The lowest BCUT2D eigenvalue weighted by atomic mass is 10.1. The van der Waals surface area contributed by atoms with Crippen molar-refractivity contribution in [1.82, 2.24) is 15.1 Å². The van der Waals surface area contributed by atoms with E-state index in [1.165, 1.54) is 11.0 Å². The van der Waals surface area contributed by atoms with Crippen molar-refractivity contribution in [2.75, 3.05) is 64.3 Å². The Hall–Kier alpha value is -2.03. The molecule has 0 aliphatic carbocycles. The predicted octanol–water partition coefficient (Wildman–Crippen LogP) is 2.41. The van der Waals surface area contributed by atoms with Gasteiger partial charge >= 0.3 is 6.18 Å². The molecule has 2 saturated heterocycles. The van der Waals surface area contributed by atoms with E-state index in [-0.39, 0.29) is 11.7 Å². The Morgan fingerprint density at radius 2 is 1.86 bits per heavy atom. The molecule has 0 saturated carbocycles.